The van der Waals surface area contributed by atoms with Gasteiger partial charge in [-0.05, 0) is 27.6 Å². The normalized spacial score (nSPS) is 21.5. The first kappa shape index (κ1) is 19.7. The number of hydrogen-bond acceptors (Lipinski definition) is 3. The molecule has 1 heterocycles. The molecular weight excluding hydrogens is 356 g/mol. The van der Waals surface area contributed by atoms with Crippen LogP contribution in [0.1, 0.15) is 27.2 Å². The monoisotopic (exact) mass is 386 g/mol. The van der Waals surface area contributed by atoms with E-state index in [-0.39, 0.29) is 17.1 Å². The van der Waals surface area contributed by atoms with Gasteiger partial charge in [-0.3, -0.25) is 0 Å². The molecule has 4 heteroatoms. The number of thioether (sulfide) groups is 1. The van der Waals surface area contributed by atoms with Crippen LogP contribution in [-0.2, 0) is 4.43 Å². The van der Waals surface area contributed by atoms with Gasteiger partial charge in [-0.25, -0.2) is 0 Å². The summed E-state index contributed by atoms with van der Waals surface area (Å²) in [6.45, 7) is 7.52. The van der Waals surface area contributed by atoms with Crippen molar-refractivity contribution in [1.82, 2.24) is 0 Å². The minimum Gasteiger partial charge on any atom is -0.407 e. The van der Waals surface area contributed by atoms with E-state index in [1.807, 2.05) is 11.8 Å². The second-order valence-corrected chi connectivity index (χ2v) is 13.6. The third-order valence-corrected chi connectivity index (χ3v) is 11.6. The van der Waals surface area contributed by atoms with Gasteiger partial charge in [0.05, 0.1) is 6.10 Å². The number of aliphatic hydroxyl groups excluding tert-OH is 1. The molecule has 3 rings (SSSR count). The van der Waals surface area contributed by atoms with Crippen molar-refractivity contribution in [2.75, 3.05) is 18.1 Å². The summed E-state index contributed by atoms with van der Waals surface area (Å²) in [4.78, 5) is 0. The fourth-order valence-electron chi connectivity index (χ4n) is 3.94. The molecule has 2 aromatic rings. The molecule has 0 aromatic heterocycles. The van der Waals surface area contributed by atoms with Gasteiger partial charge < -0.3 is 9.53 Å². The maximum atomic E-state index is 10.4. The van der Waals surface area contributed by atoms with Crippen molar-refractivity contribution < 1.29 is 9.53 Å². The first-order chi connectivity index (χ1) is 12.4. The van der Waals surface area contributed by atoms with Gasteiger partial charge in [-0.2, -0.15) is 11.8 Å². The largest absolute Gasteiger partial charge is 0.407 e. The van der Waals surface area contributed by atoms with Crippen LogP contribution in [0.25, 0.3) is 0 Å². The van der Waals surface area contributed by atoms with E-state index in [9.17, 15) is 5.11 Å². The van der Waals surface area contributed by atoms with E-state index in [1.54, 1.807) is 0 Å². The Bertz CT molecular complexity index is 645. The summed E-state index contributed by atoms with van der Waals surface area (Å²) in [7, 11) is -2.48. The molecule has 2 aromatic carbocycles. The molecule has 2 nitrogen and oxygen atoms in total. The van der Waals surface area contributed by atoms with Gasteiger partial charge in [0.1, 0.15) is 0 Å². The predicted octanol–water partition coefficient (Wildman–Crippen LogP) is 3.68. The molecule has 140 valence electrons. The van der Waals surface area contributed by atoms with Crippen molar-refractivity contribution in [1.29, 1.82) is 0 Å². The highest BCUT2D eigenvalue weighted by Gasteiger charge is 2.50. The Balaban J connectivity index is 2.02. The lowest BCUT2D eigenvalue weighted by molar-refractivity contribution is 0.0785. The minimum absolute atomic E-state index is 0.0114. The lowest BCUT2D eigenvalue weighted by atomic mass is 10.0. The van der Waals surface area contributed by atoms with Crippen molar-refractivity contribution in [2.24, 2.45) is 5.92 Å². The van der Waals surface area contributed by atoms with E-state index in [4.69, 9.17) is 4.43 Å². The molecule has 1 N–H and O–H groups in total. The van der Waals surface area contributed by atoms with E-state index in [0.29, 0.717) is 6.61 Å². The molecule has 1 saturated heterocycles. The van der Waals surface area contributed by atoms with Gasteiger partial charge in [-0.15, -0.1) is 0 Å². The maximum absolute atomic E-state index is 10.4. The first-order valence-corrected chi connectivity index (χ1v) is 12.5. The maximum Gasteiger partial charge on any atom is 0.261 e. The Morgan fingerprint density at radius 1 is 1.00 bits per heavy atom. The van der Waals surface area contributed by atoms with Crippen LogP contribution >= 0.6 is 11.8 Å². The third-order valence-electron chi connectivity index (χ3n) is 5.36. The molecular formula is C22H30O2SSi. The first-order valence-electron chi connectivity index (χ1n) is 9.46. The Labute approximate surface area is 163 Å². The summed E-state index contributed by atoms with van der Waals surface area (Å²) < 4.78 is 6.94. The summed E-state index contributed by atoms with van der Waals surface area (Å²) in [5.74, 6) is 2.26. The fraction of sp³-hybridized carbons (Fsp3) is 0.455. The molecule has 26 heavy (non-hydrogen) atoms. The van der Waals surface area contributed by atoms with Gasteiger partial charge in [0.25, 0.3) is 8.32 Å². The van der Waals surface area contributed by atoms with Crippen molar-refractivity contribution >= 4 is 30.5 Å². The minimum atomic E-state index is -2.48. The van der Waals surface area contributed by atoms with Crippen molar-refractivity contribution in [3.8, 4) is 0 Å². The average molecular weight is 387 g/mol. The number of benzene rings is 2. The van der Waals surface area contributed by atoms with E-state index < -0.39 is 8.32 Å². The molecule has 1 aliphatic heterocycles. The zero-order valence-electron chi connectivity index (χ0n) is 16.0. The van der Waals surface area contributed by atoms with Gasteiger partial charge in [0, 0.05) is 18.3 Å². The zero-order valence-corrected chi connectivity index (χ0v) is 17.8. The molecule has 0 amide bonds. The average Bonchev–Trinajstić information content (AvgIpc) is 2.64. The lowest BCUT2D eigenvalue weighted by Gasteiger charge is -2.44. The highest BCUT2D eigenvalue weighted by Crippen LogP contribution is 2.37. The second kappa shape index (κ2) is 8.30. The van der Waals surface area contributed by atoms with Crippen LogP contribution in [-0.4, -0.2) is 37.6 Å². The Kier molecular flexibility index (Phi) is 6.28. The number of aliphatic hydroxyl groups is 1. The van der Waals surface area contributed by atoms with Crippen LogP contribution in [0, 0.1) is 5.92 Å². The van der Waals surface area contributed by atoms with Crippen LogP contribution in [0.4, 0.5) is 0 Å². The Morgan fingerprint density at radius 3 is 2.00 bits per heavy atom. The molecule has 0 aliphatic carbocycles. The fourth-order valence-corrected chi connectivity index (χ4v) is 9.75. The number of hydrogen-bond donors (Lipinski definition) is 1. The Morgan fingerprint density at radius 2 is 1.54 bits per heavy atom. The highest BCUT2D eigenvalue weighted by atomic mass is 32.2. The topological polar surface area (TPSA) is 29.5 Å². The van der Waals surface area contributed by atoms with Gasteiger partial charge in [0.15, 0.2) is 0 Å². The second-order valence-electron chi connectivity index (χ2n) is 8.17. The SMILES string of the molecule is CC(C)(C)[Si](OC[C@@H]1CSCC[C@@H]1O)(c1ccccc1)c1ccccc1. The van der Waals surface area contributed by atoms with Gasteiger partial charge >= 0.3 is 0 Å². The molecule has 0 bridgehead atoms. The summed E-state index contributed by atoms with van der Waals surface area (Å²) in [5, 5.41) is 13.0. The van der Waals surface area contributed by atoms with Crippen LogP contribution in [0.15, 0.2) is 60.7 Å². The molecule has 0 spiro atoms. The molecule has 1 fully saturated rings. The summed E-state index contributed by atoms with van der Waals surface area (Å²) >= 11 is 1.93. The molecule has 0 saturated carbocycles. The van der Waals surface area contributed by atoms with E-state index in [1.165, 1.54) is 10.4 Å². The van der Waals surface area contributed by atoms with Crippen molar-refractivity contribution in [3.05, 3.63) is 60.7 Å². The van der Waals surface area contributed by atoms with Gasteiger partial charge in [0.2, 0.25) is 0 Å². The van der Waals surface area contributed by atoms with E-state index in [0.717, 1.165) is 17.9 Å². The predicted molar refractivity (Wildman–Crippen MR) is 115 cm³/mol. The molecule has 1 aliphatic rings. The smallest absolute Gasteiger partial charge is 0.261 e. The van der Waals surface area contributed by atoms with Crippen molar-refractivity contribution in [2.45, 2.75) is 38.3 Å². The zero-order chi connectivity index (χ0) is 18.6. The van der Waals surface area contributed by atoms with Gasteiger partial charge in [-0.1, -0.05) is 81.4 Å². The third kappa shape index (κ3) is 3.94. The summed E-state index contributed by atoms with van der Waals surface area (Å²) in [5.41, 5.74) is 0. The lowest BCUT2D eigenvalue weighted by Crippen LogP contribution is -2.67. The highest BCUT2D eigenvalue weighted by molar-refractivity contribution is 7.99. The van der Waals surface area contributed by atoms with Crippen LogP contribution in [0.5, 0.6) is 0 Å². The molecule has 2 atom stereocenters. The quantitative estimate of drug-likeness (QED) is 0.795. The standard InChI is InChI=1S/C22H30O2SSi/c1-22(2,3)26(19-10-6-4-7-11-19,20-12-8-5-9-13-20)24-16-18-17-25-15-14-21(18)23/h4-13,18,21,23H,14-17H2,1-3H3/t18-,21+/m1/s1. The van der Waals surface area contributed by atoms with E-state index in [2.05, 4.69) is 81.4 Å². The summed E-state index contributed by atoms with van der Waals surface area (Å²) in [6, 6.07) is 21.5. The van der Waals surface area contributed by atoms with E-state index >= 15 is 0 Å². The van der Waals surface area contributed by atoms with Crippen LogP contribution < -0.4 is 10.4 Å². The molecule has 0 radical (unpaired) electrons. The molecule has 0 unspecified atom stereocenters. The number of rotatable bonds is 5. The summed E-state index contributed by atoms with van der Waals surface area (Å²) in [6.07, 6.45) is 0.633. The van der Waals surface area contributed by atoms with Crippen molar-refractivity contribution in [3.63, 3.8) is 0 Å². The van der Waals surface area contributed by atoms with Crippen LogP contribution in [0.3, 0.4) is 0 Å². The van der Waals surface area contributed by atoms with Crippen LogP contribution in [0.2, 0.25) is 5.04 Å². The Hall–Kier alpha value is -1.07.